The highest BCUT2D eigenvalue weighted by Gasteiger charge is 2.36. The molecule has 2 heterocycles. The normalized spacial score (nSPS) is 22.1. The molecule has 2 N–H and O–H groups in total. The van der Waals surface area contributed by atoms with Gasteiger partial charge in [0.05, 0.1) is 32.5 Å². The maximum Gasteiger partial charge on any atom is 0.140 e. The second-order valence-corrected chi connectivity index (χ2v) is 6.62. The van der Waals surface area contributed by atoms with Gasteiger partial charge in [0.1, 0.15) is 17.8 Å². The van der Waals surface area contributed by atoms with Gasteiger partial charge in [-0.25, -0.2) is 0 Å². The third-order valence-electron chi connectivity index (χ3n) is 4.44. The van der Waals surface area contributed by atoms with Crippen LogP contribution in [0.4, 0.5) is 0 Å². The van der Waals surface area contributed by atoms with Crippen LogP contribution in [0.1, 0.15) is 18.1 Å². The quantitative estimate of drug-likeness (QED) is 0.742. The Balaban J connectivity index is 0.000000181. The van der Waals surface area contributed by atoms with Gasteiger partial charge in [-0.15, -0.1) is 0 Å². The van der Waals surface area contributed by atoms with Crippen molar-refractivity contribution < 1.29 is 24.4 Å². The number of aliphatic hydroxyl groups excluding tert-OH is 1. The van der Waals surface area contributed by atoms with Crippen LogP contribution in [-0.2, 0) is 19.8 Å². The highest BCUT2D eigenvalue weighted by atomic mass is 16.6. The summed E-state index contributed by atoms with van der Waals surface area (Å²) in [5, 5.41) is 20.7. The Morgan fingerprint density at radius 3 is 1.62 bits per heavy atom. The van der Waals surface area contributed by atoms with Crippen LogP contribution in [0.5, 0.6) is 0 Å². The third kappa shape index (κ3) is 5.13. The average molecular weight is 358 g/mol. The maximum atomic E-state index is 10.8. The van der Waals surface area contributed by atoms with Gasteiger partial charge in [-0.2, -0.15) is 0 Å². The molecule has 0 bridgehead atoms. The summed E-state index contributed by atoms with van der Waals surface area (Å²) in [5.41, 5.74) is 0.0325. The van der Waals surface area contributed by atoms with Crippen molar-refractivity contribution in [3.8, 4) is 0 Å². The van der Waals surface area contributed by atoms with Crippen LogP contribution >= 0.6 is 0 Å². The minimum atomic E-state index is -1.36. The summed E-state index contributed by atoms with van der Waals surface area (Å²) in [6.45, 7) is 4.86. The Morgan fingerprint density at radius 2 is 1.31 bits per heavy atom. The van der Waals surface area contributed by atoms with Crippen molar-refractivity contribution in [2.75, 3.05) is 26.4 Å². The van der Waals surface area contributed by atoms with Crippen LogP contribution in [0.3, 0.4) is 0 Å². The highest BCUT2D eigenvalue weighted by Crippen LogP contribution is 2.32. The lowest BCUT2D eigenvalue weighted by atomic mass is 9.82. The zero-order valence-electron chi connectivity index (χ0n) is 15.0. The summed E-state index contributed by atoms with van der Waals surface area (Å²) in [7, 11) is 0. The first-order chi connectivity index (χ1) is 12.6. The van der Waals surface area contributed by atoms with Crippen molar-refractivity contribution in [2.45, 2.75) is 30.8 Å². The van der Waals surface area contributed by atoms with E-state index in [9.17, 15) is 10.2 Å². The molecule has 2 aliphatic rings. The lowest BCUT2D eigenvalue weighted by Crippen LogP contribution is -2.38. The van der Waals surface area contributed by atoms with Gasteiger partial charge in [-0.3, -0.25) is 0 Å². The summed E-state index contributed by atoms with van der Waals surface area (Å²) in [6.07, 6.45) is -0.0974. The molecule has 3 atom stereocenters. The Hall–Kier alpha value is -1.76. The van der Waals surface area contributed by atoms with E-state index in [0.717, 1.165) is 26.4 Å². The molecule has 3 unspecified atom stereocenters. The maximum absolute atomic E-state index is 10.8. The zero-order valence-corrected chi connectivity index (χ0v) is 15.0. The van der Waals surface area contributed by atoms with Crippen LogP contribution in [0, 0.1) is 0 Å². The van der Waals surface area contributed by atoms with Gasteiger partial charge < -0.3 is 24.4 Å². The molecule has 0 aliphatic carbocycles. The number of benzene rings is 2. The van der Waals surface area contributed by atoms with Gasteiger partial charge in [-0.1, -0.05) is 60.7 Å². The van der Waals surface area contributed by atoms with Crippen LogP contribution in [0.25, 0.3) is 0 Å². The molecule has 5 heteroatoms. The van der Waals surface area contributed by atoms with Gasteiger partial charge in [0, 0.05) is 0 Å². The smallest absolute Gasteiger partial charge is 0.140 e. The number of hydrogen-bond acceptors (Lipinski definition) is 5. The van der Waals surface area contributed by atoms with Crippen molar-refractivity contribution >= 4 is 0 Å². The lowest BCUT2D eigenvalue weighted by molar-refractivity contribution is -0.0394. The summed E-state index contributed by atoms with van der Waals surface area (Å²) >= 11 is 0. The minimum absolute atomic E-state index is 0.392. The SMILES string of the molecule is C(OCC1CO1)C1CO1.CC(O)C(O)(c1ccccc1)c1ccccc1. The highest BCUT2D eigenvalue weighted by molar-refractivity contribution is 5.37. The molecule has 0 aromatic heterocycles. The minimum Gasteiger partial charge on any atom is -0.390 e. The number of ether oxygens (including phenoxy) is 3. The molecule has 0 radical (unpaired) electrons. The largest absolute Gasteiger partial charge is 0.390 e. The monoisotopic (exact) mass is 358 g/mol. The first kappa shape index (κ1) is 19.0. The number of aliphatic hydroxyl groups is 2. The fourth-order valence-corrected chi connectivity index (χ4v) is 2.69. The van der Waals surface area contributed by atoms with Crippen LogP contribution in [0.15, 0.2) is 60.7 Å². The molecule has 140 valence electrons. The Morgan fingerprint density at radius 1 is 0.923 bits per heavy atom. The number of hydrogen-bond donors (Lipinski definition) is 2. The summed E-state index contributed by atoms with van der Waals surface area (Å²) in [4.78, 5) is 0. The molecule has 2 fully saturated rings. The molecule has 2 saturated heterocycles. The first-order valence-corrected chi connectivity index (χ1v) is 8.93. The van der Waals surface area contributed by atoms with Gasteiger partial charge in [0.15, 0.2) is 0 Å². The molecule has 26 heavy (non-hydrogen) atoms. The van der Waals surface area contributed by atoms with Gasteiger partial charge in [-0.05, 0) is 18.1 Å². The van der Waals surface area contributed by atoms with Gasteiger partial charge >= 0.3 is 0 Å². The van der Waals surface area contributed by atoms with E-state index in [2.05, 4.69) is 0 Å². The predicted molar refractivity (Wildman–Crippen MR) is 97.9 cm³/mol. The van der Waals surface area contributed by atoms with Crippen molar-refractivity contribution in [3.05, 3.63) is 71.8 Å². The van der Waals surface area contributed by atoms with E-state index in [1.165, 1.54) is 0 Å². The topological polar surface area (TPSA) is 74.8 Å². The van der Waals surface area contributed by atoms with Crippen LogP contribution in [0.2, 0.25) is 0 Å². The Labute approximate surface area is 154 Å². The molecule has 2 aromatic carbocycles. The van der Waals surface area contributed by atoms with E-state index in [-0.39, 0.29) is 0 Å². The summed E-state index contributed by atoms with van der Waals surface area (Å²) < 4.78 is 15.1. The first-order valence-electron chi connectivity index (χ1n) is 8.93. The fourth-order valence-electron chi connectivity index (χ4n) is 2.69. The molecular formula is C21H26O5. The second kappa shape index (κ2) is 8.75. The summed E-state index contributed by atoms with van der Waals surface area (Å²) in [6, 6.07) is 18.5. The fraction of sp³-hybridized carbons (Fsp3) is 0.429. The molecular weight excluding hydrogens is 332 g/mol. The lowest BCUT2D eigenvalue weighted by Gasteiger charge is -2.32. The van der Waals surface area contributed by atoms with Crippen LogP contribution in [-0.4, -0.2) is 55.0 Å². The molecule has 0 spiro atoms. The van der Waals surface area contributed by atoms with Crippen molar-refractivity contribution in [1.82, 2.24) is 0 Å². The average Bonchev–Trinajstić information content (AvgIpc) is 3.59. The van der Waals surface area contributed by atoms with Crippen molar-refractivity contribution in [1.29, 1.82) is 0 Å². The Kier molecular flexibility index (Phi) is 6.40. The predicted octanol–water partition coefficient (Wildman–Crippen LogP) is 2.10. The van der Waals surface area contributed by atoms with Crippen molar-refractivity contribution in [2.24, 2.45) is 0 Å². The van der Waals surface area contributed by atoms with E-state index >= 15 is 0 Å². The van der Waals surface area contributed by atoms with Crippen molar-refractivity contribution in [3.63, 3.8) is 0 Å². The number of rotatable bonds is 7. The van der Waals surface area contributed by atoms with E-state index < -0.39 is 11.7 Å². The molecule has 2 aliphatic heterocycles. The molecule has 2 aromatic rings. The molecule has 0 amide bonds. The van der Waals surface area contributed by atoms with E-state index in [1.54, 1.807) is 6.92 Å². The van der Waals surface area contributed by atoms with E-state index in [0.29, 0.717) is 23.3 Å². The summed E-state index contributed by atoms with van der Waals surface area (Å²) in [5.74, 6) is 0. The second-order valence-electron chi connectivity index (χ2n) is 6.62. The molecule has 4 rings (SSSR count). The third-order valence-corrected chi connectivity index (χ3v) is 4.44. The number of epoxide rings is 2. The van der Waals surface area contributed by atoms with Gasteiger partial charge in [0.25, 0.3) is 0 Å². The van der Waals surface area contributed by atoms with E-state index in [4.69, 9.17) is 14.2 Å². The van der Waals surface area contributed by atoms with E-state index in [1.807, 2.05) is 60.7 Å². The zero-order chi connectivity index (χ0) is 18.4. The van der Waals surface area contributed by atoms with Crippen LogP contribution < -0.4 is 0 Å². The standard InChI is InChI=1S/C15H16O2.C6H10O3/c1-12(16)15(17,13-8-4-2-5-9-13)14-10-6-3-7-11-14;1(5-3-8-5)7-2-6-4-9-6/h2-12,16-17H,1H3;5-6H,1-4H2. The molecule has 5 nitrogen and oxygen atoms in total. The van der Waals surface area contributed by atoms with Gasteiger partial charge in [0.2, 0.25) is 0 Å². The molecule has 0 saturated carbocycles. The Bertz CT molecular complexity index is 599.